The zero-order valence-electron chi connectivity index (χ0n) is 14.6. The van der Waals surface area contributed by atoms with Crippen LogP contribution in [0.3, 0.4) is 0 Å². The molecule has 6 heteroatoms. The van der Waals surface area contributed by atoms with Gasteiger partial charge >= 0.3 is 0 Å². The fraction of sp³-hybridized carbons (Fsp3) is 0.263. The molecule has 0 aliphatic carbocycles. The fourth-order valence-corrected chi connectivity index (χ4v) is 2.58. The Balaban J connectivity index is 1.55. The molecule has 0 unspecified atom stereocenters. The maximum atomic E-state index is 12.1. The Bertz CT molecular complexity index is 859. The first-order valence-electron chi connectivity index (χ1n) is 8.05. The Morgan fingerprint density at radius 2 is 2.00 bits per heavy atom. The van der Waals surface area contributed by atoms with E-state index in [1.807, 2.05) is 39.2 Å². The zero-order chi connectivity index (χ0) is 17.8. The molecule has 1 aromatic carbocycles. The topological polar surface area (TPSA) is 69.3 Å². The van der Waals surface area contributed by atoms with Crippen LogP contribution in [0.5, 0.6) is 5.75 Å². The highest BCUT2D eigenvalue weighted by molar-refractivity contribution is 5.91. The predicted octanol–water partition coefficient (Wildman–Crippen LogP) is 3.14. The van der Waals surface area contributed by atoms with E-state index in [0.29, 0.717) is 12.3 Å². The third kappa shape index (κ3) is 4.50. The number of carbonyl (C=O) groups is 1. The van der Waals surface area contributed by atoms with Crippen molar-refractivity contribution in [3.8, 4) is 5.75 Å². The fourth-order valence-electron chi connectivity index (χ4n) is 2.58. The molecule has 130 valence electrons. The van der Waals surface area contributed by atoms with Gasteiger partial charge < -0.3 is 14.5 Å². The van der Waals surface area contributed by atoms with Crippen molar-refractivity contribution < 1.29 is 13.9 Å². The van der Waals surface area contributed by atoms with Gasteiger partial charge in [-0.1, -0.05) is 6.07 Å². The van der Waals surface area contributed by atoms with Gasteiger partial charge in [-0.2, -0.15) is 5.10 Å². The minimum Gasteiger partial charge on any atom is -0.486 e. The average Bonchev–Trinajstić information content (AvgIpc) is 3.19. The third-order valence-corrected chi connectivity index (χ3v) is 3.67. The van der Waals surface area contributed by atoms with Crippen LogP contribution < -0.4 is 10.1 Å². The van der Waals surface area contributed by atoms with Crippen LogP contribution in [0, 0.1) is 13.8 Å². The highest BCUT2D eigenvalue weighted by Gasteiger charge is 2.12. The summed E-state index contributed by atoms with van der Waals surface area (Å²) in [6.07, 6.45) is 3.57. The molecule has 0 fully saturated rings. The Morgan fingerprint density at radius 3 is 2.68 bits per heavy atom. The number of benzene rings is 1. The molecule has 6 nitrogen and oxygen atoms in total. The maximum absolute atomic E-state index is 12.1. The summed E-state index contributed by atoms with van der Waals surface area (Å²) in [5.74, 6) is 1.39. The number of aromatic nitrogens is 2. The van der Waals surface area contributed by atoms with Gasteiger partial charge in [-0.25, -0.2) is 0 Å². The quantitative estimate of drug-likeness (QED) is 0.749. The minimum absolute atomic E-state index is 0.262. The number of amides is 1. The first-order valence-corrected chi connectivity index (χ1v) is 8.05. The van der Waals surface area contributed by atoms with Gasteiger partial charge in [-0.15, -0.1) is 0 Å². The van der Waals surface area contributed by atoms with Crippen molar-refractivity contribution in [1.82, 2.24) is 15.1 Å². The Kier molecular flexibility index (Phi) is 4.88. The van der Waals surface area contributed by atoms with Crippen LogP contribution in [0.4, 0.5) is 0 Å². The number of aryl methyl sites for hydroxylation is 3. The molecule has 1 amide bonds. The number of nitrogens with one attached hydrogen (secondary N) is 1. The van der Waals surface area contributed by atoms with Crippen molar-refractivity contribution in [2.24, 2.45) is 7.05 Å². The molecule has 0 bridgehead atoms. The molecule has 0 saturated heterocycles. The van der Waals surface area contributed by atoms with Crippen LogP contribution in [0.1, 0.15) is 33.0 Å². The van der Waals surface area contributed by atoms with Crippen molar-refractivity contribution in [2.75, 3.05) is 0 Å². The van der Waals surface area contributed by atoms with Gasteiger partial charge in [0.2, 0.25) is 0 Å². The zero-order valence-corrected chi connectivity index (χ0v) is 14.6. The van der Waals surface area contributed by atoms with Gasteiger partial charge in [0.15, 0.2) is 5.76 Å². The van der Waals surface area contributed by atoms with Crippen LogP contribution in [-0.2, 0) is 20.2 Å². The van der Waals surface area contributed by atoms with E-state index in [4.69, 9.17) is 9.15 Å². The lowest BCUT2D eigenvalue weighted by molar-refractivity contribution is 0.0919. The predicted molar refractivity (Wildman–Crippen MR) is 93.3 cm³/mol. The standard InChI is InChI=1S/C19H21N3O3/c1-13-6-14(2)8-17(7-13)24-12-16-4-5-18(25-16)19(23)20-9-15-10-21-22(3)11-15/h4-8,10-11H,9,12H2,1-3H3,(H,20,23). The number of rotatable bonds is 6. The second kappa shape index (κ2) is 7.25. The lowest BCUT2D eigenvalue weighted by Crippen LogP contribution is -2.22. The highest BCUT2D eigenvalue weighted by Crippen LogP contribution is 2.18. The molecule has 0 saturated carbocycles. The summed E-state index contributed by atoms with van der Waals surface area (Å²) < 4.78 is 13.0. The molecule has 3 rings (SSSR count). The lowest BCUT2D eigenvalue weighted by atomic mass is 10.1. The van der Waals surface area contributed by atoms with Gasteiger partial charge in [-0.05, 0) is 49.2 Å². The van der Waals surface area contributed by atoms with E-state index in [-0.39, 0.29) is 18.3 Å². The van der Waals surface area contributed by atoms with Crippen molar-refractivity contribution in [3.05, 3.63) is 70.9 Å². The smallest absolute Gasteiger partial charge is 0.287 e. The van der Waals surface area contributed by atoms with E-state index in [0.717, 1.165) is 22.4 Å². The summed E-state index contributed by atoms with van der Waals surface area (Å²) in [6.45, 7) is 4.73. The Morgan fingerprint density at radius 1 is 1.24 bits per heavy atom. The van der Waals surface area contributed by atoms with E-state index in [1.165, 1.54) is 0 Å². The molecule has 0 atom stereocenters. The molecule has 0 aliphatic heterocycles. The van der Waals surface area contributed by atoms with Crippen molar-refractivity contribution >= 4 is 5.91 Å². The molecule has 1 N–H and O–H groups in total. The van der Waals surface area contributed by atoms with E-state index < -0.39 is 0 Å². The Labute approximate surface area is 146 Å². The largest absolute Gasteiger partial charge is 0.486 e. The van der Waals surface area contributed by atoms with Gasteiger partial charge in [0.1, 0.15) is 18.1 Å². The SMILES string of the molecule is Cc1cc(C)cc(OCc2ccc(C(=O)NCc3cnn(C)c3)o2)c1. The van der Waals surface area contributed by atoms with E-state index in [1.54, 1.807) is 23.0 Å². The molecule has 3 aromatic rings. The molecule has 2 aromatic heterocycles. The molecular weight excluding hydrogens is 318 g/mol. The molecule has 0 aliphatic rings. The number of nitrogens with zero attached hydrogens (tertiary/aromatic N) is 2. The molecule has 2 heterocycles. The van der Waals surface area contributed by atoms with Gasteiger partial charge in [-0.3, -0.25) is 9.48 Å². The maximum Gasteiger partial charge on any atom is 0.287 e. The molecule has 25 heavy (non-hydrogen) atoms. The van der Waals surface area contributed by atoms with Crippen LogP contribution in [0.15, 0.2) is 47.1 Å². The van der Waals surface area contributed by atoms with Crippen LogP contribution in [0.25, 0.3) is 0 Å². The average molecular weight is 339 g/mol. The van der Waals surface area contributed by atoms with Crippen LogP contribution in [0.2, 0.25) is 0 Å². The summed E-state index contributed by atoms with van der Waals surface area (Å²) in [5, 5.41) is 6.87. The van der Waals surface area contributed by atoms with Gasteiger partial charge in [0.05, 0.1) is 6.20 Å². The van der Waals surface area contributed by atoms with Crippen molar-refractivity contribution in [2.45, 2.75) is 27.0 Å². The van der Waals surface area contributed by atoms with Gasteiger partial charge in [0, 0.05) is 25.4 Å². The summed E-state index contributed by atoms with van der Waals surface area (Å²) >= 11 is 0. The van der Waals surface area contributed by atoms with Crippen LogP contribution in [-0.4, -0.2) is 15.7 Å². The van der Waals surface area contributed by atoms with Crippen molar-refractivity contribution in [1.29, 1.82) is 0 Å². The molecule has 0 radical (unpaired) electrons. The Hall–Kier alpha value is -3.02. The van der Waals surface area contributed by atoms with Crippen LogP contribution >= 0.6 is 0 Å². The molecular formula is C19H21N3O3. The summed E-state index contributed by atoms with van der Waals surface area (Å²) in [7, 11) is 1.83. The first kappa shape index (κ1) is 16.8. The second-order valence-corrected chi connectivity index (χ2v) is 6.08. The number of ether oxygens (including phenoxy) is 1. The van der Waals surface area contributed by atoms with E-state index >= 15 is 0 Å². The van der Waals surface area contributed by atoms with E-state index in [9.17, 15) is 4.79 Å². The number of hydrogen-bond acceptors (Lipinski definition) is 4. The lowest BCUT2D eigenvalue weighted by Gasteiger charge is -2.06. The number of furan rings is 1. The molecule has 0 spiro atoms. The summed E-state index contributed by atoms with van der Waals surface area (Å²) in [4.78, 5) is 12.1. The summed E-state index contributed by atoms with van der Waals surface area (Å²) in [5.41, 5.74) is 3.22. The van der Waals surface area contributed by atoms with E-state index in [2.05, 4.69) is 16.5 Å². The monoisotopic (exact) mass is 339 g/mol. The second-order valence-electron chi connectivity index (χ2n) is 6.08. The normalized spacial score (nSPS) is 10.7. The summed E-state index contributed by atoms with van der Waals surface area (Å²) in [6, 6.07) is 9.43. The third-order valence-electron chi connectivity index (χ3n) is 3.67. The number of carbonyl (C=O) groups excluding carboxylic acids is 1. The van der Waals surface area contributed by atoms with Gasteiger partial charge in [0.25, 0.3) is 5.91 Å². The first-order chi connectivity index (χ1) is 12.0. The number of hydrogen-bond donors (Lipinski definition) is 1. The highest BCUT2D eigenvalue weighted by atomic mass is 16.5. The van der Waals surface area contributed by atoms with Crippen molar-refractivity contribution in [3.63, 3.8) is 0 Å². The minimum atomic E-state index is -0.262.